The van der Waals surface area contributed by atoms with Crippen LogP contribution < -0.4 is 15.4 Å². The summed E-state index contributed by atoms with van der Waals surface area (Å²) in [5, 5.41) is 5.31. The summed E-state index contributed by atoms with van der Waals surface area (Å²) in [6.07, 6.45) is 4.76. The second-order valence-electron chi connectivity index (χ2n) is 7.22. The number of aromatic nitrogens is 1. The highest BCUT2D eigenvalue weighted by Crippen LogP contribution is 2.18. The molecule has 1 aromatic heterocycles. The Balaban J connectivity index is 1.36. The van der Waals surface area contributed by atoms with Crippen molar-refractivity contribution < 1.29 is 19.1 Å². The summed E-state index contributed by atoms with van der Waals surface area (Å²) in [5.74, 6) is -0.354. The molecule has 2 N–H and O–H groups in total. The van der Waals surface area contributed by atoms with Crippen LogP contribution in [0.3, 0.4) is 0 Å². The van der Waals surface area contributed by atoms with Crippen LogP contribution in [0.4, 0.5) is 0 Å². The molecule has 1 aliphatic heterocycles. The van der Waals surface area contributed by atoms with Gasteiger partial charge < -0.3 is 20.3 Å². The lowest BCUT2D eigenvalue weighted by Crippen LogP contribution is -2.44. The zero-order valence-corrected chi connectivity index (χ0v) is 17.0. The second kappa shape index (κ2) is 10.4. The normalized spacial score (nSPS) is 14.1. The number of piperidine rings is 1. The summed E-state index contributed by atoms with van der Waals surface area (Å²) in [7, 11) is 1.59. The molecule has 2 aromatic rings. The van der Waals surface area contributed by atoms with E-state index in [2.05, 4.69) is 15.6 Å². The molecule has 1 aromatic carbocycles. The van der Waals surface area contributed by atoms with Gasteiger partial charge in [0.05, 0.1) is 12.7 Å². The fraction of sp³-hybridized carbons (Fsp3) is 0.364. The number of ether oxygens (including phenoxy) is 1. The lowest BCUT2D eigenvalue weighted by atomic mass is 9.96. The third kappa shape index (κ3) is 5.79. The van der Waals surface area contributed by atoms with E-state index in [-0.39, 0.29) is 18.4 Å². The maximum absolute atomic E-state index is 12.4. The molecule has 1 aliphatic rings. The minimum atomic E-state index is -0.657. The van der Waals surface area contributed by atoms with Crippen molar-refractivity contribution in [1.82, 2.24) is 20.5 Å². The lowest BCUT2D eigenvalue weighted by Gasteiger charge is -2.32. The van der Waals surface area contributed by atoms with Gasteiger partial charge in [-0.15, -0.1) is 0 Å². The average Bonchev–Trinajstić information content (AvgIpc) is 2.81. The summed E-state index contributed by atoms with van der Waals surface area (Å²) >= 11 is 0. The molecular formula is C22H26N4O4. The van der Waals surface area contributed by atoms with Crippen LogP contribution in [-0.4, -0.2) is 54.3 Å². The number of rotatable bonds is 6. The predicted molar refractivity (Wildman–Crippen MR) is 111 cm³/mol. The minimum absolute atomic E-state index is 0.0245. The average molecular weight is 410 g/mol. The first-order valence-electron chi connectivity index (χ1n) is 9.95. The molecule has 0 atom stereocenters. The molecule has 8 heteroatoms. The van der Waals surface area contributed by atoms with Crippen molar-refractivity contribution in [3.05, 3.63) is 59.9 Å². The van der Waals surface area contributed by atoms with Gasteiger partial charge in [-0.1, -0.05) is 12.1 Å². The van der Waals surface area contributed by atoms with Crippen LogP contribution in [0.5, 0.6) is 5.75 Å². The number of amides is 3. The third-order valence-corrected chi connectivity index (χ3v) is 5.18. The zero-order chi connectivity index (χ0) is 21.3. The van der Waals surface area contributed by atoms with Crippen LogP contribution in [-0.2, 0) is 16.1 Å². The summed E-state index contributed by atoms with van der Waals surface area (Å²) in [6, 6.07) is 10.8. The fourth-order valence-electron chi connectivity index (χ4n) is 3.34. The smallest absolute Gasteiger partial charge is 0.309 e. The van der Waals surface area contributed by atoms with Crippen molar-refractivity contribution in [2.75, 3.05) is 26.7 Å². The van der Waals surface area contributed by atoms with Crippen molar-refractivity contribution in [2.45, 2.75) is 19.4 Å². The molecule has 8 nitrogen and oxygen atoms in total. The Morgan fingerprint density at radius 1 is 1.07 bits per heavy atom. The number of hydrogen-bond acceptors (Lipinski definition) is 5. The van der Waals surface area contributed by atoms with Crippen molar-refractivity contribution in [1.29, 1.82) is 0 Å². The second-order valence-corrected chi connectivity index (χ2v) is 7.22. The zero-order valence-electron chi connectivity index (χ0n) is 17.0. The molecule has 0 bridgehead atoms. The van der Waals surface area contributed by atoms with Gasteiger partial charge in [0.2, 0.25) is 0 Å². The highest BCUT2D eigenvalue weighted by molar-refractivity contribution is 6.35. The van der Waals surface area contributed by atoms with E-state index in [9.17, 15) is 14.4 Å². The van der Waals surface area contributed by atoms with Gasteiger partial charge in [-0.05, 0) is 48.6 Å². The van der Waals surface area contributed by atoms with Crippen LogP contribution in [0, 0.1) is 5.92 Å². The van der Waals surface area contributed by atoms with Crippen molar-refractivity contribution >= 4 is 17.7 Å². The Labute approximate surface area is 175 Å². The quantitative estimate of drug-likeness (QED) is 0.701. The largest absolute Gasteiger partial charge is 0.497 e. The number of carbonyl (C=O) groups excluding carboxylic acids is 3. The molecule has 158 valence electrons. The van der Waals surface area contributed by atoms with E-state index in [1.807, 2.05) is 12.1 Å². The summed E-state index contributed by atoms with van der Waals surface area (Å²) in [4.78, 5) is 42.3. The summed E-state index contributed by atoms with van der Waals surface area (Å²) in [5.41, 5.74) is 1.46. The van der Waals surface area contributed by atoms with Gasteiger partial charge >= 0.3 is 11.8 Å². The van der Waals surface area contributed by atoms with E-state index in [1.165, 1.54) is 0 Å². The van der Waals surface area contributed by atoms with Gasteiger partial charge in [0, 0.05) is 38.6 Å². The van der Waals surface area contributed by atoms with Gasteiger partial charge in [0.15, 0.2) is 0 Å². The summed E-state index contributed by atoms with van der Waals surface area (Å²) < 4.78 is 5.09. The van der Waals surface area contributed by atoms with Crippen LogP contribution in [0.15, 0.2) is 48.8 Å². The van der Waals surface area contributed by atoms with Crippen LogP contribution in [0.2, 0.25) is 0 Å². The maximum Gasteiger partial charge on any atom is 0.309 e. The van der Waals surface area contributed by atoms with Crippen molar-refractivity contribution in [3.8, 4) is 5.75 Å². The fourth-order valence-corrected chi connectivity index (χ4v) is 3.34. The van der Waals surface area contributed by atoms with Gasteiger partial charge in [-0.2, -0.15) is 0 Å². The predicted octanol–water partition coefficient (Wildman–Crippen LogP) is 1.38. The van der Waals surface area contributed by atoms with Crippen LogP contribution in [0.1, 0.15) is 28.8 Å². The molecular weight excluding hydrogens is 384 g/mol. The van der Waals surface area contributed by atoms with Crippen molar-refractivity contribution in [3.63, 3.8) is 0 Å². The first-order chi connectivity index (χ1) is 14.6. The number of nitrogens with zero attached hydrogens (tertiary/aromatic N) is 2. The van der Waals surface area contributed by atoms with Crippen LogP contribution in [0.25, 0.3) is 0 Å². The number of pyridine rings is 1. The first kappa shape index (κ1) is 21.3. The molecule has 3 rings (SSSR count). The van der Waals surface area contributed by atoms with E-state index in [1.54, 1.807) is 48.7 Å². The number of carbonyl (C=O) groups is 3. The highest BCUT2D eigenvalue weighted by Gasteiger charge is 2.24. The monoisotopic (exact) mass is 410 g/mol. The Bertz CT molecular complexity index is 862. The molecule has 0 saturated carbocycles. The van der Waals surface area contributed by atoms with E-state index in [4.69, 9.17) is 4.74 Å². The third-order valence-electron chi connectivity index (χ3n) is 5.18. The summed E-state index contributed by atoms with van der Waals surface area (Å²) in [6.45, 7) is 1.94. The first-order valence-corrected chi connectivity index (χ1v) is 9.95. The maximum atomic E-state index is 12.4. The van der Waals surface area contributed by atoms with Gasteiger partial charge in [-0.3, -0.25) is 19.4 Å². The molecule has 0 spiro atoms. The molecule has 0 radical (unpaired) electrons. The number of nitrogens with one attached hydrogen (secondary N) is 2. The van der Waals surface area contributed by atoms with Gasteiger partial charge in [0.1, 0.15) is 5.75 Å². The molecule has 0 unspecified atom stereocenters. The molecule has 30 heavy (non-hydrogen) atoms. The van der Waals surface area contributed by atoms with Crippen molar-refractivity contribution in [2.24, 2.45) is 5.92 Å². The number of likely N-dealkylation sites (tertiary alicyclic amines) is 1. The van der Waals surface area contributed by atoms with E-state index >= 15 is 0 Å². The number of hydrogen-bond donors (Lipinski definition) is 2. The Morgan fingerprint density at radius 2 is 1.77 bits per heavy atom. The molecule has 3 amide bonds. The van der Waals surface area contributed by atoms with E-state index in [0.717, 1.165) is 24.2 Å². The van der Waals surface area contributed by atoms with Gasteiger partial charge in [0.25, 0.3) is 5.91 Å². The van der Waals surface area contributed by atoms with E-state index < -0.39 is 11.8 Å². The SMILES string of the molecule is COc1ccc(CNC(=O)C(=O)NCC2CCN(C(=O)c3cccnc3)CC2)cc1. The Kier molecular flexibility index (Phi) is 7.37. The molecule has 1 fully saturated rings. The standard InChI is InChI=1S/C22H26N4O4/c1-30-19-6-4-16(5-7-19)13-24-20(27)21(28)25-14-17-8-11-26(12-9-17)22(29)18-3-2-10-23-15-18/h2-7,10,15,17H,8-9,11-14H2,1H3,(H,24,27)(H,25,28). The van der Waals surface area contributed by atoms with Gasteiger partial charge in [-0.25, -0.2) is 0 Å². The molecule has 1 saturated heterocycles. The molecule has 2 heterocycles. The number of benzene rings is 1. The highest BCUT2D eigenvalue weighted by atomic mass is 16.5. The number of methoxy groups -OCH3 is 1. The van der Waals surface area contributed by atoms with Crippen LogP contribution >= 0.6 is 0 Å². The minimum Gasteiger partial charge on any atom is -0.497 e. The molecule has 0 aliphatic carbocycles. The topological polar surface area (TPSA) is 101 Å². The lowest BCUT2D eigenvalue weighted by molar-refractivity contribution is -0.139. The van der Waals surface area contributed by atoms with E-state index in [0.29, 0.717) is 25.2 Å². The Morgan fingerprint density at radius 3 is 2.40 bits per heavy atom. The Hall–Kier alpha value is -3.42.